The van der Waals surface area contributed by atoms with Crippen LogP contribution >= 0.6 is 0 Å². The van der Waals surface area contributed by atoms with Crippen molar-refractivity contribution in [3.63, 3.8) is 0 Å². The van der Waals surface area contributed by atoms with Gasteiger partial charge in [-0.25, -0.2) is 0 Å². The van der Waals surface area contributed by atoms with Crippen LogP contribution < -0.4 is 30.9 Å². The second-order valence-electron chi connectivity index (χ2n) is 25.0. The number of fused-ring (bicyclic) bond motifs is 8. The molecule has 2 aliphatic rings. The average Bonchev–Trinajstić information content (AvgIpc) is 3.62. The molecule has 2 aliphatic heterocycles. The van der Waals surface area contributed by atoms with Gasteiger partial charge in [-0.2, -0.15) is 0 Å². The van der Waals surface area contributed by atoms with Crippen LogP contribution in [-0.4, -0.2) is 11.3 Å². The minimum absolute atomic E-state index is 0.0112. The topological polar surface area (TPSA) is 20.6 Å². The normalized spacial score (nSPS) is 13.5. The Morgan fingerprint density at radius 1 is 0.472 bits per heavy atom. The lowest BCUT2D eigenvalue weighted by Gasteiger charge is -2.41. The van der Waals surface area contributed by atoms with Gasteiger partial charge in [-0.1, -0.05) is 179 Å². The first-order valence-electron chi connectivity index (χ1n) is 26.0. The van der Waals surface area contributed by atoms with Crippen molar-refractivity contribution in [3.8, 4) is 22.6 Å². The number of hydrogen-bond acceptors (Lipinski definition) is 3. The molecule has 1 aromatic heterocycles. The highest BCUT2D eigenvalue weighted by Crippen LogP contribution is 2.49. The summed E-state index contributed by atoms with van der Waals surface area (Å²) >= 11 is 0. The van der Waals surface area contributed by atoms with Gasteiger partial charge >= 0.3 is 0 Å². The van der Waals surface area contributed by atoms with Crippen LogP contribution in [0.1, 0.15) is 116 Å². The van der Waals surface area contributed by atoms with Crippen LogP contribution in [0.3, 0.4) is 0 Å². The Morgan fingerprint density at radius 2 is 0.972 bits per heavy atom. The molecule has 11 rings (SSSR count). The molecule has 3 heterocycles. The molecule has 0 fully saturated rings. The second kappa shape index (κ2) is 16.5. The molecule has 0 N–H and O–H groups in total. The van der Waals surface area contributed by atoms with Gasteiger partial charge in [0.15, 0.2) is 0 Å². The summed E-state index contributed by atoms with van der Waals surface area (Å²) in [5.41, 5.74) is 22.8. The maximum Gasteiger partial charge on any atom is 0.257 e. The Kier molecular flexibility index (Phi) is 10.9. The lowest BCUT2D eigenvalue weighted by atomic mass is 9.33. The van der Waals surface area contributed by atoms with Gasteiger partial charge in [-0.05, 0) is 146 Å². The Labute approximate surface area is 429 Å². The molecule has 9 aromatic rings. The zero-order chi connectivity index (χ0) is 51.0. The SMILES string of the molecule is Cc1cc(C)cc(-c2cc3c4c(c2)N(c2ccc(C(C)(C)C)cc2)c2ccc(C(C)(C)C)cc2B4c2c(cc(N(c4ccc(C(C)(C)C)cc4)c4ccc(C(C)(C)C)cc4)c4c2c2ccccc2n4C)O3)c1. The van der Waals surface area contributed by atoms with E-state index >= 15 is 0 Å². The molecular weight excluding hydrogens is 874 g/mol. The van der Waals surface area contributed by atoms with Crippen molar-refractivity contribution >= 4 is 79.0 Å². The summed E-state index contributed by atoms with van der Waals surface area (Å²) in [6, 6.07) is 58.0. The number of para-hydroxylation sites is 1. The molecule has 0 spiro atoms. The van der Waals surface area contributed by atoms with Gasteiger partial charge in [-0.3, -0.25) is 0 Å². The van der Waals surface area contributed by atoms with Crippen LogP contribution in [0.15, 0.2) is 152 Å². The van der Waals surface area contributed by atoms with Gasteiger partial charge in [-0.15, -0.1) is 0 Å². The van der Waals surface area contributed by atoms with E-state index in [2.05, 4.69) is 270 Å². The first kappa shape index (κ1) is 47.4. The minimum Gasteiger partial charge on any atom is -0.458 e. The maximum absolute atomic E-state index is 7.70. The standard InChI is InChI=1S/C67H70BN3O/c1-41-34-42(2)36-43(35-41)44-37-56-61-58(38-44)72-59-40-57(70(49-27-20-45(21-28-49)64(3,4)5)50-29-22-46(23-30-50)65(6,7)8)63-60(52-18-16-17-19-54(52)69(63)15)62(59)68(61)53-39-48(67(12,13)14)26-33-55(53)71(56)51-31-24-47(25-32-51)66(9,10)11/h16-40H,1-15H3. The molecule has 72 heavy (non-hydrogen) atoms. The van der Waals surface area contributed by atoms with Crippen molar-refractivity contribution in [2.75, 3.05) is 9.80 Å². The van der Waals surface area contributed by atoms with Crippen molar-refractivity contribution in [1.29, 1.82) is 0 Å². The van der Waals surface area contributed by atoms with E-state index in [1.807, 2.05) is 0 Å². The molecule has 0 unspecified atom stereocenters. The first-order valence-corrected chi connectivity index (χ1v) is 26.0. The molecule has 0 atom stereocenters. The Morgan fingerprint density at radius 3 is 1.53 bits per heavy atom. The van der Waals surface area contributed by atoms with Crippen LogP contribution in [0.5, 0.6) is 11.5 Å². The summed E-state index contributed by atoms with van der Waals surface area (Å²) in [7, 11) is 2.25. The highest BCUT2D eigenvalue weighted by atomic mass is 16.5. The number of nitrogens with zero attached hydrogens (tertiary/aromatic N) is 3. The lowest BCUT2D eigenvalue weighted by Crippen LogP contribution is -2.60. The summed E-state index contributed by atoms with van der Waals surface area (Å²) in [5, 5.41) is 2.44. The van der Waals surface area contributed by atoms with Gasteiger partial charge in [0.1, 0.15) is 11.5 Å². The summed E-state index contributed by atoms with van der Waals surface area (Å²) in [5.74, 6) is 1.77. The highest BCUT2D eigenvalue weighted by Gasteiger charge is 2.45. The quantitative estimate of drug-likeness (QED) is 0.160. The molecule has 8 aromatic carbocycles. The third-order valence-electron chi connectivity index (χ3n) is 15.5. The van der Waals surface area contributed by atoms with Crippen molar-refractivity contribution in [2.24, 2.45) is 7.05 Å². The molecule has 0 amide bonds. The third kappa shape index (κ3) is 7.91. The minimum atomic E-state index is -0.137. The van der Waals surface area contributed by atoms with E-state index in [0.717, 1.165) is 45.5 Å². The first-order chi connectivity index (χ1) is 34.0. The van der Waals surface area contributed by atoms with E-state index in [0.29, 0.717) is 0 Å². The zero-order valence-electron chi connectivity index (χ0n) is 45.3. The maximum atomic E-state index is 7.70. The number of hydrogen-bond donors (Lipinski definition) is 0. The van der Waals surface area contributed by atoms with Gasteiger partial charge in [0.25, 0.3) is 6.71 Å². The van der Waals surface area contributed by atoms with Crippen molar-refractivity contribution in [3.05, 3.63) is 185 Å². The Balaban J connectivity index is 1.26. The number of benzene rings is 8. The number of aromatic nitrogens is 1. The lowest BCUT2D eigenvalue weighted by molar-refractivity contribution is 0.488. The third-order valence-corrected chi connectivity index (χ3v) is 15.5. The summed E-state index contributed by atoms with van der Waals surface area (Å²) in [4.78, 5) is 4.98. The van der Waals surface area contributed by atoms with E-state index in [9.17, 15) is 0 Å². The summed E-state index contributed by atoms with van der Waals surface area (Å²) in [6.45, 7) is 31.9. The number of ether oxygens (including phenoxy) is 1. The fourth-order valence-corrected chi connectivity index (χ4v) is 11.6. The van der Waals surface area contributed by atoms with Crippen LogP contribution in [0.2, 0.25) is 0 Å². The number of anilines is 6. The largest absolute Gasteiger partial charge is 0.458 e. The average molecular weight is 944 g/mol. The molecule has 0 radical (unpaired) electrons. The van der Waals surface area contributed by atoms with Crippen LogP contribution in [0.25, 0.3) is 32.9 Å². The fourth-order valence-electron chi connectivity index (χ4n) is 11.6. The number of rotatable bonds is 5. The van der Waals surface area contributed by atoms with Crippen molar-refractivity contribution in [1.82, 2.24) is 4.57 Å². The molecule has 0 bridgehead atoms. The molecule has 0 saturated carbocycles. The second-order valence-corrected chi connectivity index (χ2v) is 25.0. The summed E-state index contributed by atoms with van der Waals surface area (Å²) in [6.07, 6.45) is 0. The van der Waals surface area contributed by atoms with E-state index < -0.39 is 0 Å². The van der Waals surface area contributed by atoms with E-state index in [4.69, 9.17) is 4.74 Å². The van der Waals surface area contributed by atoms with Gasteiger partial charge < -0.3 is 19.1 Å². The van der Waals surface area contributed by atoms with Gasteiger partial charge in [0, 0.05) is 57.8 Å². The molecular formula is C67H70BN3O. The van der Waals surface area contributed by atoms with Gasteiger partial charge in [0.2, 0.25) is 0 Å². The van der Waals surface area contributed by atoms with Crippen molar-refractivity contribution in [2.45, 2.75) is 119 Å². The fraction of sp³-hybridized carbons (Fsp3) is 0.284. The Bertz CT molecular complexity index is 3530. The smallest absolute Gasteiger partial charge is 0.257 e. The Hall–Kier alpha value is -6.98. The summed E-state index contributed by atoms with van der Waals surface area (Å²) < 4.78 is 10.1. The van der Waals surface area contributed by atoms with E-state index in [1.54, 1.807) is 0 Å². The zero-order valence-corrected chi connectivity index (χ0v) is 45.3. The van der Waals surface area contributed by atoms with Crippen molar-refractivity contribution < 1.29 is 4.74 Å². The van der Waals surface area contributed by atoms with Crippen LogP contribution in [-0.2, 0) is 28.7 Å². The van der Waals surface area contributed by atoms with Crippen LogP contribution in [0, 0.1) is 13.8 Å². The van der Waals surface area contributed by atoms with Crippen LogP contribution in [0.4, 0.5) is 34.1 Å². The molecule has 0 saturated heterocycles. The van der Waals surface area contributed by atoms with Gasteiger partial charge in [0.05, 0.1) is 11.2 Å². The monoisotopic (exact) mass is 944 g/mol. The predicted molar refractivity (Wildman–Crippen MR) is 311 cm³/mol. The molecule has 0 aliphatic carbocycles. The number of aryl methyl sites for hydroxylation is 3. The molecule has 5 heteroatoms. The highest BCUT2D eigenvalue weighted by molar-refractivity contribution is 7.01. The van der Waals surface area contributed by atoms with E-state index in [1.165, 1.54) is 82.8 Å². The molecule has 362 valence electrons. The predicted octanol–water partition coefficient (Wildman–Crippen LogP) is 16.7. The molecule has 4 nitrogen and oxygen atoms in total. The van der Waals surface area contributed by atoms with E-state index in [-0.39, 0.29) is 28.4 Å².